The Hall–Kier alpha value is -3.35. The average molecular weight is 436 g/mol. The van der Waals surface area contributed by atoms with Crippen LogP contribution >= 0.6 is 0 Å². The number of rotatable bonds is 7. The number of aryl methyl sites for hydroxylation is 2. The summed E-state index contributed by atoms with van der Waals surface area (Å²) in [6.45, 7) is 5.16. The smallest absolute Gasteiger partial charge is 0.256 e. The van der Waals surface area contributed by atoms with E-state index in [4.69, 9.17) is 9.47 Å². The highest BCUT2D eigenvalue weighted by Gasteiger charge is 2.32. The van der Waals surface area contributed by atoms with E-state index in [1.807, 2.05) is 43.2 Å². The summed E-state index contributed by atoms with van der Waals surface area (Å²) in [4.78, 5) is 31.6. The molecule has 7 heteroatoms. The molecule has 2 aromatic carbocycles. The minimum Gasteiger partial charge on any atom is -0.493 e. The van der Waals surface area contributed by atoms with Gasteiger partial charge in [-0.1, -0.05) is 6.07 Å². The maximum Gasteiger partial charge on any atom is 0.256 e. The maximum absolute atomic E-state index is 12.9. The van der Waals surface area contributed by atoms with Gasteiger partial charge in [-0.05, 0) is 62.4 Å². The summed E-state index contributed by atoms with van der Waals surface area (Å²) in [6.07, 6.45) is 4.67. The Morgan fingerprint density at radius 1 is 1.19 bits per heavy atom. The normalized spacial score (nSPS) is 16.9. The van der Waals surface area contributed by atoms with Gasteiger partial charge in [-0.15, -0.1) is 0 Å². The van der Waals surface area contributed by atoms with E-state index in [-0.39, 0.29) is 17.9 Å². The van der Waals surface area contributed by atoms with Gasteiger partial charge in [0.15, 0.2) is 11.5 Å². The molecule has 2 amide bonds. The van der Waals surface area contributed by atoms with Gasteiger partial charge >= 0.3 is 0 Å². The van der Waals surface area contributed by atoms with Gasteiger partial charge in [0.1, 0.15) is 0 Å². The molecule has 168 valence electrons. The zero-order valence-corrected chi connectivity index (χ0v) is 18.8. The second kappa shape index (κ2) is 9.42. The average Bonchev–Trinajstić information content (AvgIpc) is 3.21. The summed E-state index contributed by atoms with van der Waals surface area (Å²) in [5, 5.41) is 2.92. The first-order valence-electron chi connectivity index (χ1n) is 11.0. The molecule has 2 aromatic rings. The Labute approximate surface area is 188 Å². The number of aliphatic imine (C=N–C) groups is 1. The van der Waals surface area contributed by atoms with Crippen molar-refractivity contribution in [3.63, 3.8) is 0 Å². The fourth-order valence-corrected chi connectivity index (χ4v) is 4.08. The van der Waals surface area contributed by atoms with Gasteiger partial charge < -0.3 is 19.7 Å². The lowest BCUT2D eigenvalue weighted by molar-refractivity contribution is -0.116. The van der Waals surface area contributed by atoms with Gasteiger partial charge in [0, 0.05) is 30.9 Å². The van der Waals surface area contributed by atoms with Gasteiger partial charge in [0.2, 0.25) is 5.91 Å². The predicted octanol–water partition coefficient (Wildman–Crippen LogP) is 4.43. The zero-order chi connectivity index (χ0) is 22.7. The summed E-state index contributed by atoms with van der Waals surface area (Å²) in [5.74, 6) is 0.937. The molecule has 0 unspecified atom stereocenters. The highest BCUT2D eigenvalue weighted by atomic mass is 16.5. The highest BCUT2D eigenvalue weighted by Crippen LogP contribution is 2.38. The van der Waals surface area contributed by atoms with Crippen molar-refractivity contribution in [3.05, 3.63) is 47.0 Å². The number of fused-ring (bicyclic) bond motifs is 2. The predicted molar refractivity (Wildman–Crippen MR) is 124 cm³/mol. The number of amides is 2. The maximum atomic E-state index is 12.9. The molecule has 1 fully saturated rings. The van der Waals surface area contributed by atoms with Crippen LogP contribution in [-0.2, 0) is 4.79 Å². The second-order valence-corrected chi connectivity index (χ2v) is 8.31. The molecule has 2 aliphatic heterocycles. The first kappa shape index (κ1) is 21.9. The Morgan fingerprint density at radius 3 is 2.81 bits per heavy atom. The number of nitrogens with zero attached hydrogens (tertiary/aromatic N) is 2. The third-order valence-corrected chi connectivity index (χ3v) is 6.05. The molecule has 7 nitrogen and oxygen atoms in total. The number of anilines is 1. The Morgan fingerprint density at radius 2 is 2.03 bits per heavy atom. The molecule has 1 atom stereocenters. The number of hydrogen-bond acceptors (Lipinski definition) is 5. The summed E-state index contributed by atoms with van der Waals surface area (Å²) in [5.41, 5.74) is 4.25. The van der Waals surface area contributed by atoms with Crippen LogP contribution in [-0.4, -0.2) is 49.2 Å². The van der Waals surface area contributed by atoms with Crippen molar-refractivity contribution in [3.8, 4) is 11.5 Å². The van der Waals surface area contributed by atoms with Crippen molar-refractivity contribution < 1.29 is 19.1 Å². The van der Waals surface area contributed by atoms with E-state index >= 15 is 0 Å². The van der Waals surface area contributed by atoms with E-state index in [1.165, 1.54) is 5.56 Å². The summed E-state index contributed by atoms with van der Waals surface area (Å²) in [6, 6.07) is 9.38. The van der Waals surface area contributed by atoms with Crippen molar-refractivity contribution in [2.24, 2.45) is 4.99 Å². The zero-order valence-electron chi connectivity index (χ0n) is 18.8. The van der Waals surface area contributed by atoms with Gasteiger partial charge in [-0.25, -0.2) is 0 Å². The summed E-state index contributed by atoms with van der Waals surface area (Å²) < 4.78 is 11.4. The highest BCUT2D eigenvalue weighted by molar-refractivity contribution is 6.03. The van der Waals surface area contributed by atoms with E-state index in [0.717, 1.165) is 30.6 Å². The lowest BCUT2D eigenvalue weighted by Crippen LogP contribution is -2.35. The molecule has 2 aliphatic rings. The lowest BCUT2D eigenvalue weighted by Gasteiger charge is -2.20. The SMILES string of the molecule is COc1cc2c(cc1OCCCC(=O)Nc1ccc(C)c(C)c1)N=C[C@@H]1CCCN1C2=O. The molecule has 0 radical (unpaired) electrons. The van der Waals surface area contributed by atoms with Crippen molar-refractivity contribution >= 4 is 29.4 Å². The van der Waals surface area contributed by atoms with Crippen molar-refractivity contribution in [1.82, 2.24) is 4.90 Å². The minimum atomic E-state index is -0.0541. The van der Waals surface area contributed by atoms with Crippen LogP contribution in [0.15, 0.2) is 35.3 Å². The Balaban J connectivity index is 1.36. The van der Waals surface area contributed by atoms with Crippen LogP contribution in [0.1, 0.15) is 47.2 Å². The fourth-order valence-electron chi connectivity index (χ4n) is 4.08. The molecule has 0 aromatic heterocycles. The first-order valence-corrected chi connectivity index (χ1v) is 11.0. The topological polar surface area (TPSA) is 80.2 Å². The number of nitrogens with one attached hydrogen (secondary N) is 1. The number of benzene rings is 2. The monoisotopic (exact) mass is 435 g/mol. The van der Waals surface area contributed by atoms with E-state index < -0.39 is 0 Å². The fraction of sp³-hybridized carbons (Fsp3) is 0.400. The molecule has 1 saturated heterocycles. The van der Waals surface area contributed by atoms with Crippen LogP contribution < -0.4 is 14.8 Å². The number of carbonyl (C=O) groups is 2. The summed E-state index contributed by atoms with van der Waals surface area (Å²) in [7, 11) is 1.55. The molecule has 1 N–H and O–H groups in total. The molecule has 0 aliphatic carbocycles. The molecular weight excluding hydrogens is 406 g/mol. The van der Waals surface area contributed by atoms with Gasteiger partial charge in [0.05, 0.1) is 31.0 Å². The Kier molecular flexibility index (Phi) is 6.44. The Bertz CT molecular complexity index is 1060. The second-order valence-electron chi connectivity index (χ2n) is 8.31. The molecular formula is C25H29N3O4. The van der Waals surface area contributed by atoms with Crippen molar-refractivity contribution in [2.75, 3.05) is 25.6 Å². The van der Waals surface area contributed by atoms with Crippen LogP contribution in [0.2, 0.25) is 0 Å². The van der Waals surface area contributed by atoms with Crippen LogP contribution in [0.4, 0.5) is 11.4 Å². The number of carbonyl (C=O) groups excluding carboxylic acids is 2. The van der Waals surface area contributed by atoms with E-state index in [0.29, 0.717) is 42.2 Å². The number of ether oxygens (including phenoxy) is 2. The van der Waals surface area contributed by atoms with Gasteiger partial charge in [0.25, 0.3) is 5.91 Å². The molecule has 0 saturated carbocycles. The number of hydrogen-bond donors (Lipinski definition) is 1. The van der Waals surface area contributed by atoms with E-state index in [1.54, 1.807) is 19.2 Å². The van der Waals surface area contributed by atoms with Gasteiger partial charge in [-0.3, -0.25) is 14.6 Å². The van der Waals surface area contributed by atoms with Crippen LogP contribution in [0.5, 0.6) is 11.5 Å². The summed E-state index contributed by atoms with van der Waals surface area (Å²) >= 11 is 0. The number of methoxy groups -OCH3 is 1. The molecule has 4 rings (SSSR count). The standard InChI is InChI=1S/C25H29N3O4/c1-16-8-9-18(12-17(16)2)27-24(29)7-5-11-32-23-14-21-20(13-22(23)31-3)25(30)28-10-4-6-19(28)15-26-21/h8-9,12-15,19H,4-7,10-11H2,1-3H3,(H,27,29)/t19-/m0/s1. The quantitative estimate of drug-likeness (QED) is 0.653. The minimum absolute atomic E-state index is 0.0205. The van der Waals surface area contributed by atoms with Crippen molar-refractivity contribution in [1.29, 1.82) is 0 Å². The van der Waals surface area contributed by atoms with E-state index in [9.17, 15) is 9.59 Å². The van der Waals surface area contributed by atoms with Crippen LogP contribution in [0.3, 0.4) is 0 Å². The van der Waals surface area contributed by atoms with Crippen LogP contribution in [0, 0.1) is 13.8 Å². The molecule has 0 bridgehead atoms. The van der Waals surface area contributed by atoms with Crippen LogP contribution in [0.25, 0.3) is 0 Å². The molecule has 2 heterocycles. The van der Waals surface area contributed by atoms with Crippen molar-refractivity contribution in [2.45, 2.75) is 45.6 Å². The van der Waals surface area contributed by atoms with E-state index in [2.05, 4.69) is 10.3 Å². The molecule has 32 heavy (non-hydrogen) atoms. The first-order chi connectivity index (χ1) is 15.5. The molecule has 0 spiro atoms. The van der Waals surface area contributed by atoms with Gasteiger partial charge in [-0.2, -0.15) is 0 Å². The third-order valence-electron chi connectivity index (χ3n) is 6.05. The third kappa shape index (κ3) is 4.61. The largest absolute Gasteiger partial charge is 0.493 e. The lowest BCUT2D eigenvalue weighted by atomic mass is 10.1.